The van der Waals surface area contributed by atoms with Crippen molar-refractivity contribution in [2.75, 3.05) is 19.4 Å². The van der Waals surface area contributed by atoms with Crippen molar-refractivity contribution in [1.29, 1.82) is 0 Å². The van der Waals surface area contributed by atoms with Crippen LogP contribution in [0.2, 0.25) is 0 Å². The second-order valence-electron chi connectivity index (χ2n) is 9.29. The Hall–Kier alpha value is -4.61. The fourth-order valence-corrected chi connectivity index (χ4v) is 4.98. The minimum absolute atomic E-state index is 0.217. The number of ether oxygens (including phenoxy) is 1. The predicted molar refractivity (Wildman–Crippen MR) is 134 cm³/mol. The first-order valence-corrected chi connectivity index (χ1v) is 11.7. The van der Waals surface area contributed by atoms with E-state index in [1.165, 1.54) is 11.7 Å². The number of aryl methyl sites for hydroxylation is 2. The van der Waals surface area contributed by atoms with E-state index in [0.717, 1.165) is 22.5 Å². The lowest BCUT2D eigenvalue weighted by molar-refractivity contribution is -0.141. The van der Waals surface area contributed by atoms with Crippen LogP contribution >= 0.6 is 0 Å². The molecule has 0 radical (unpaired) electrons. The molecule has 1 aliphatic heterocycles. The largest absolute Gasteiger partial charge is 0.491 e. The molecule has 9 nitrogen and oxygen atoms in total. The molecule has 1 aliphatic rings. The molecule has 5 aromatic rings. The number of rotatable bonds is 3. The van der Waals surface area contributed by atoms with Crippen LogP contribution in [-0.4, -0.2) is 49.0 Å². The van der Waals surface area contributed by atoms with Gasteiger partial charge in [0, 0.05) is 43.2 Å². The monoisotopic (exact) mass is 521 g/mol. The first-order valence-electron chi connectivity index (χ1n) is 11.7. The van der Waals surface area contributed by atoms with Crippen LogP contribution < -0.4 is 10.5 Å². The Balaban J connectivity index is 1.31. The van der Waals surface area contributed by atoms with Gasteiger partial charge in [-0.2, -0.15) is 23.4 Å². The van der Waals surface area contributed by atoms with Crippen molar-refractivity contribution in [3.8, 4) is 17.0 Å². The van der Waals surface area contributed by atoms with Gasteiger partial charge in [-0.15, -0.1) is 0 Å². The number of carbonyl (C=O) groups is 1. The molecular formula is C26H22F3N7O2. The van der Waals surface area contributed by atoms with E-state index in [4.69, 9.17) is 10.5 Å². The topological polar surface area (TPSA) is 104 Å². The third-order valence-electron chi connectivity index (χ3n) is 6.98. The molecule has 4 heterocycles. The summed E-state index contributed by atoms with van der Waals surface area (Å²) in [5.74, 6) is 0.666. The Kier molecular flexibility index (Phi) is 5.13. The van der Waals surface area contributed by atoms with Gasteiger partial charge in [-0.3, -0.25) is 14.2 Å². The zero-order valence-electron chi connectivity index (χ0n) is 20.6. The van der Waals surface area contributed by atoms with Gasteiger partial charge in [0.15, 0.2) is 5.69 Å². The number of anilines is 1. The first-order chi connectivity index (χ1) is 18.0. The van der Waals surface area contributed by atoms with Crippen LogP contribution in [0.4, 0.5) is 19.0 Å². The molecule has 6 rings (SSSR count). The minimum atomic E-state index is -4.54. The zero-order valence-corrected chi connectivity index (χ0v) is 20.6. The Morgan fingerprint density at radius 1 is 1.11 bits per heavy atom. The molecule has 2 aromatic carbocycles. The lowest BCUT2D eigenvalue weighted by atomic mass is 10.0. The van der Waals surface area contributed by atoms with E-state index in [1.807, 2.05) is 0 Å². The number of aromatic nitrogens is 5. The summed E-state index contributed by atoms with van der Waals surface area (Å²) in [6.07, 6.45) is -2.89. The van der Waals surface area contributed by atoms with Crippen LogP contribution in [0.3, 0.4) is 0 Å². The number of halogens is 3. The maximum atomic E-state index is 13.5. The summed E-state index contributed by atoms with van der Waals surface area (Å²) in [5.41, 5.74) is 8.64. The van der Waals surface area contributed by atoms with Gasteiger partial charge in [-0.1, -0.05) is 12.1 Å². The van der Waals surface area contributed by atoms with E-state index < -0.39 is 11.9 Å². The van der Waals surface area contributed by atoms with Gasteiger partial charge < -0.3 is 15.4 Å². The van der Waals surface area contributed by atoms with Crippen LogP contribution in [0.25, 0.3) is 33.1 Å². The maximum Gasteiger partial charge on any atom is 0.435 e. The third-order valence-corrected chi connectivity index (χ3v) is 6.98. The number of benzene rings is 2. The summed E-state index contributed by atoms with van der Waals surface area (Å²) in [7, 11) is 4.96. The highest BCUT2D eigenvalue weighted by atomic mass is 19.4. The molecule has 0 saturated carbocycles. The number of nitrogen functional groups attached to an aromatic ring is 1. The van der Waals surface area contributed by atoms with Crippen molar-refractivity contribution in [2.45, 2.75) is 12.2 Å². The molecule has 38 heavy (non-hydrogen) atoms. The molecule has 3 aromatic heterocycles. The number of nitrogens with two attached hydrogens (primary N) is 1. The molecule has 0 bridgehead atoms. The van der Waals surface area contributed by atoms with Gasteiger partial charge in [0.05, 0.1) is 34.4 Å². The maximum absolute atomic E-state index is 13.5. The number of amides is 1. The number of hydrogen-bond donors (Lipinski definition) is 1. The number of fused-ring (bicyclic) bond motifs is 4. The summed E-state index contributed by atoms with van der Waals surface area (Å²) in [6.45, 7) is 0.220. The highest BCUT2D eigenvalue weighted by molar-refractivity contribution is 6.10. The van der Waals surface area contributed by atoms with Crippen LogP contribution in [-0.2, 0) is 20.3 Å². The van der Waals surface area contributed by atoms with Gasteiger partial charge in [0.2, 0.25) is 0 Å². The Labute approximate surface area is 214 Å². The van der Waals surface area contributed by atoms with Crippen LogP contribution in [0.1, 0.15) is 27.7 Å². The van der Waals surface area contributed by atoms with Crippen LogP contribution in [0, 0.1) is 0 Å². The van der Waals surface area contributed by atoms with E-state index in [1.54, 1.807) is 66.3 Å². The van der Waals surface area contributed by atoms with E-state index in [2.05, 4.69) is 15.2 Å². The summed E-state index contributed by atoms with van der Waals surface area (Å²) in [4.78, 5) is 19.6. The number of likely N-dealkylation sites (N-methyl/N-ethyl adjacent to an activating group) is 1. The molecule has 1 amide bonds. The smallest absolute Gasteiger partial charge is 0.435 e. The minimum Gasteiger partial charge on any atom is -0.491 e. The van der Waals surface area contributed by atoms with Crippen molar-refractivity contribution in [2.24, 2.45) is 14.1 Å². The summed E-state index contributed by atoms with van der Waals surface area (Å²) in [5, 5.41) is 9.33. The third kappa shape index (κ3) is 3.63. The molecule has 12 heteroatoms. The molecule has 0 unspecified atom stereocenters. The Bertz CT molecular complexity index is 1760. The molecule has 0 spiro atoms. The molecule has 1 atom stereocenters. The van der Waals surface area contributed by atoms with Gasteiger partial charge >= 0.3 is 6.18 Å². The number of hydrogen-bond acceptors (Lipinski definition) is 6. The quantitative estimate of drug-likeness (QED) is 0.379. The van der Waals surface area contributed by atoms with Crippen molar-refractivity contribution in [3.63, 3.8) is 0 Å². The normalized spacial score (nSPS) is 15.2. The molecule has 0 saturated heterocycles. The van der Waals surface area contributed by atoms with Gasteiger partial charge in [-0.05, 0) is 30.3 Å². The Morgan fingerprint density at radius 2 is 1.89 bits per heavy atom. The van der Waals surface area contributed by atoms with Gasteiger partial charge in [0.1, 0.15) is 18.2 Å². The number of pyridine rings is 1. The summed E-state index contributed by atoms with van der Waals surface area (Å²) < 4.78 is 48.1. The standard InChI is InChI=1S/C26H22F3N7O2/c1-34(25(37)14-5-7-18-16(8-14)23-17(24(30)32-18)11-31-36(23)3)20-12-38-21-9-13(4-6-15(20)21)19-10-22(26(27,28)29)33-35(19)2/h4-11,20H,12H2,1-3H3,(H2,30,32)/t20-/m1/s1. The SMILES string of the molecule is CN(C(=O)c1ccc2nc(N)c3cnn(C)c3c2c1)[C@@H]1COc2cc(-c3cc(C(F)(F)F)nn3C)ccc21. The van der Waals surface area contributed by atoms with Gasteiger partial charge in [0.25, 0.3) is 5.91 Å². The van der Waals surface area contributed by atoms with Gasteiger partial charge in [-0.25, -0.2) is 4.98 Å². The number of alkyl halides is 3. The van der Waals surface area contributed by atoms with E-state index in [-0.39, 0.29) is 18.6 Å². The van der Waals surface area contributed by atoms with E-state index in [0.29, 0.717) is 39.3 Å². The summed E-state index contributed by atoms with van der Waals surface area (Å²) >= 11 is 0. The highest BCUT2D eigenvalue weighted by Gasteiger charge is 2.35. The summed E-state index contributed by atoms with van der Waals surface area (Å²) in [6, 6.07) is 11.0. The van der Waals surface area contributed by atoms with Crippen molar-refractivity contribution in [3.05, 3.63) is 65.5 Å². The highest BCUT2D eigenvalue weighted by Crippen LogP contribution is 2.40. The Morgan fingerprint density at radius 3 is 2.63 bits per heavy atom. The van der Waals surface area contributed by atoms with Crippen molar-refractivity contribution in [1.82, 2.24) is 29.4 Å². The lowest BCUT2D eigenvalue weighted by Gasteiger charge is -2.24. The average Bonchev–Trinajstić information content (AvgIpc) is 3.59. The number of carbonyl (C=O) groups excluding carboxylic acids is 1. The molecule has 0 aliphatic carbocycles. The van der Waals surface area contributed by atoms with Crippen molar-refractivity contribution < 1.29 is 22.7 Å². The van der Waals surface area contributed by atoms with E-state index >= 15 is 0 Å². The lowest BCUT2D eigenvalue weighted by Crippen LogP contribution is -2.32. The predicted octanol–water partition coefficient (Wildman–Crippen LogP) is 4.33. The first kappa shape index (κ1) is 23.8. The van der Waals surface area contributed by atoms with E-state index in [9.17, 15) is 18.0 Å². The second-order valence-corrected chi connectivity index (χ2v) is 9.29. The molecule has 194 valence electrons. The molecular weight excluding hydrogens is 499 g/mol. The molecule has 2 N–H and O–H groups in total. The fourth-order valence-electron chi connectivity index (χ4n) is 4.98. The second kappa shape index (κ2) is 8.20. The fraction of sp³-hybridized carbons (Fsp3) is 0.231. The average molecular weight is 522 g/mol. The zero-order chi connectivity index (χ0) is 26.9. The van der Waals surface area contributed by atoms with Crippen molar-refractivity contribution >= 4 is 33.5 Å². The van der Waals surface area contributed by atoms with Crippen LogP contribution in [0.5, 0.6) is 5.75 Å². The molecule has 0 fully saturated rings. The number of nitrogens with zero attached hydrogens (tertiary/aromatic N) is 6. The van der Waals surface area contributed by atoms with Crippen LogP contribution in [0.15, 0.2) is 48.7 Å².